The lowest BCUT2D eigenvalue weighted by Crippen LogP contribution is -2.35. The normalized spacial score (nSPS) is 16.2. The van der Waals surface area contributed by atoms with E-state index in [2.05, 4.69) is 58.5 Å². The van der Waals surface area contributed by atoms with E-state index in [1.165, 1.54) is 22.3 Å². The van der Waals surface area contributed by atoms with Gasteiger partial charge in [-0.15, -0.1) is 0 Å². The first-order valence-corrected chi connectivity index (χ1v) is 10.9. The van der Waals surface area contributed by atoms with Crippen LogP contribution in [0, 0.1) is 6.92 Å². The molecule has 0 aliphatic carbocycles. The van der Waals surface area contributed by atoms with Crippen LogP contribution in [-0.2, 0) is 20.0 Å². The number of benzene rings is 2. The molecule has 0 spiro atoms. The Morgan fingerprint density at radius 3 is 2.53 bits per heavy atom. The first kappa shape index (κ1) is 20.5. The third-order valence-electron chi connectivity index (χ3n) is 6.39. The summed E-state index contributed by atoms with van der Waals surface area (Å²) in [5, 5.41) is 5.64. The molecule has 0 amide bonds. The van der Waals surface area contributed by atoms with Gasteiger partial charge in [0.1, 0.15) is 0 Å². The lowest BCUT2D eigenvalue weighted by atomic mass is 9.87. The number of methoxy groups -OCH3 is 2. The number of pyridine rings is 1. The van der Waals surface area contributed by atoms with Crippen LogP contribution in [0.4, 0.5) is 0 Å². The van der Waals surface area contributed by atoms with Gasteiger partial charge in [0.25, 0.3) is 0 Å². The van der Waals surface area contributed by atoms with Gasteiger partial charge in [-0.2, -0.15) is 5.10 Å². The van der Waals surface area contributed by atoms with Gasteiger partial charge in [0.2, 0.25) is 0 Å². The van der Waals surface area contributed by atoms with E-state index in [4.69, 9.17) is 14.5 Å². The maximum Gasteiger partial charge on any atom is 0.161 e. The van der Waals surface area contributed by atoms with Crippen molar-refractivity contribution in [2.24, 2.45) is 7.05 Å². The van der Waals surface area contributed by atoms with E-state index < -0.39 is 0 Å². The van der Waals surface area contributed by atoms with E-state index in [-0.39, 0.29) is 6.04 Å². The molecule has 0 bridgehead atoms. The average molecular weight is 429 g/mol. The summed E-state index contributed by atoms with van der Waals surface area (Å²) in [7, 11) is 5.33. The number of ether oxygens (including phenoxy) is 2. The van der Waals surface area contributed by atoms with Crippen molar-refractivity contribution in [2.75, 3.05) is 20.8 Å². The van der Waals surface area contributed by atoms with E-state index in [1.807, 2.05) is 24.9 Å². The minimum Gasteiger partial charge on any atom is -0.493 e. The Morgan fingerprint density at radius 2 is 1.78 bits per heavy atom. The van der Waals surface area contributed by atoms with Gasteiger partial charge < -0.3 is 9.47 Å². The first-order valence-electron chi connectivity index (χ1n) is 10.9. The van der Waals surface area contributed by atoms with E-state index in [0.717, 1.165) is 47.7 Å². The highest BCUT2D eigenvalue weighted by Crippen LogP contribution is 2.41. The largest absolute Gasteiger partial charge is 0.493 e. The zero-order valence-corrected chi connectivity index (χ0v) is 19.0. The summed E-state index contributed by atoms with van der Waals surface area (Å²) in [6.45, 7) is 3.80. The lowest BCUT2D eigenvalue weighted by Gasteiger charge is -2.38. The molecule has 0 saturated heterocycles. The van der Waals surface area contributed by atoms with Crippen molar-refractivity contribution in [3.63, 3.8) is 0 Å². The van der Waals surface area contributed by atoms with E-state index in [0.29, 0.717) is 0 Å². The second kappa shape index (κ2) is 8.28. The average Bonchev–Trinajstić information content (AvgIpc) is 3.11. The van der Waals surface area contributed by atoms with E-state index in [1.54, 1.807) is 14.2 Å². The van der Waals surface area contributed by atoms with Crippen molar-refractivity contribution in [3.05, 3.63) is 82.7 Å². The van der Waals surface area contributed by atoms with Crippen LogP contribution in [0.25, 0.3) is 11.0 Å². The Balaban J connectivity index is 1.57. The Bertz CT molecular complexity index is 1270. The monoisotopic (exact) mass is 428 g/mol. The minimum absolute atomic E-state index is 0.130. The van der Waals surface area contributed by atoms with Crippen LogP contribution < -0.4 is 9.47 Å². The molecule has 6 heteroatoms. The number of fused-ring (bicyclic) bond motifs is 2. The SMILES string of the molecule is COc1cc2c(cc1OC)C(c1ccccc1)N(Cc1cnc3c(c1)c(C)nn3C)CC2. The van der Waals surface area contributed by atoms with Gasteiger partial charge in [-0.05, 0) is 53.8 Å². The third-order valence-corrected chi connectivity index (χ3v) is 6.39. The fourth-order valence-corrected chi connectivity index (χ4v) is 4.87. The van der Waals surface area contributed by atoms with Crippen molar-refractivity contribution < 1.29 is 9.47 Å². The molecule has 0 saturated carbocycles. The molecule has 6 nitrogen and oxygen atoms in total. The molecule has 1 aliphatic rings. The first-order chi connectivity index (χ1) is 15.6. The molecule has 5 rings (SSSR count). The van der Waals surface area contributed by atoms with Gasteiger partial charge in [-0.3, -0.25) is 9.58 Å². The molecule has 2 aromatic heterocycles. The van der Waals surface area contributed by atoms with Gasteiger partial charge >= 0.3 is 0 Å². The molecule has 32 heavy (non-hydrogen) atoms. The summed E-state index contributed by atoms with van der Waals surface area (Å²) >= 11 is 0. The number of rotatable bonds is 5. The second-order valence-electron chi connectivity index (χ2n) is 8.36. The molecule has 0 fully saturated rings. The number of aryl methyl sites for hydroxylation is 2. The van der Waals surface area contributed by atoms with Crippen LogP contribution in [0.3, 0.4) is 0 Å². The van der Waals surface area contributed by atoms with E-state index in [9.17, 15) is 0 Å². The maximum atomic E-state index is 5.64. The van der Waals surface area contributed by atoms with Gasteiger partial charge in [0.05, 0.1) is 26.0 Å². The molecule has 1 atom stereocenters. The fraction of sp³-hybridized carbons (Fsp3) is 0.308. The number of hydrogen-bond acceptors (Lipinski definition) is 5. The summed E-state index contributed by atoms with van der Waals surface area (Å²) in [5.41, 5.74) is 6.98. The summed E-state index contributed by atoms with van der Waals surface area (Å²) in [6.07, 6.45) is 2.94. The molecule has 4 aromatic rings. The molecule has 3 heterocycles. The van der Waals surface area contributed by atoms with Gasteiger partial charge in [0, 0.05) is 31.7 Å². The molecular weight excluding hydrogens is 400 g/mol. The topological polar surface area (TPSA) is 52.4 Å². The number of hydrogen-bond donors (Lipinski definition) is 0. The Kier molecular flexibility index (Phi) is 5.31. The van der Waals surface area contributed by atoms with Crippen LogP contribution in [0.5, 0.6) is 11.5 Å². The molecular formula is C26H28N4O2. The smallest absolute Gasteiger partial charge is 0.161 e. The molecule has 0 N–H and O–H groups in total. The van der Waals surface area contributed by atoms with Crippen molar-refractivity contribution in [1.29, 1.82) is 0 Å². The van der Waals surface area contributed by atoms with Crippen LogP contribution in [0.15, 0.2) is 54.7 Å². The Hall–Kier alpha value is -3.38. The molecule has 1 unspecified atom stereocenters. The fourth-order valence-electron chi connectivity index (χ4n) is 4.87. The zero-order valence-electron chi connectivity index (χ0n) is 19.0. The summed E-state index contributed by atoms with van der Waals surface area (Å²) in [5.74, 6) is 1.55. The molecule has 2 aromatic carbocycles. The standard InChI is InChI=1S/C26H28N4O2/c1-17-21-12-18(15-27-26(21)29(2)28-17)16-30-11-10-20-13-23(31-3)24(32-4)14-22(20)25(30)19-8-6-5-7-9-19/h5-9,12-15,25H,10-11,16H2,1-4H3. The predicted molar refractivity (Wildman–Crippen MR) is 125 cm³/mol. The highest BCUT2D eigenvalue weighted by molar-refractivity contribution is 5.78. The van der Waals surface area contributed by atoms with Crippen molar-refractivity contribution in [1.82, 2.24) is 19.7 Å². The molecule has 1 aliphatic heterocycles. The minimum atomic E-state index is 0.130. The quantitative estimate of drug-likeness (QED) is 0.470. The van der Waals surface area contributed by atoms with Crippen LogP contribution in [0.1, 0.15) is 34.0 Å². The highest BCUT2D eigenvalue weighted by Gasteiger charge is 2.30. The van der Waals surface area contributed by atoms with E-state index >= 15 is 0 Å². The van der Waals surface area contributed by atoms with Crippen LogP contribution in [-0.4, -0.2) is 40.4 Å². The van der Waals surface area contributed by atoms with Gasteiger partial charge in [-0.1, -0.05) is 30.3 Å². The second-order valence-corrected chi connectivity index (χ2v) is 8.36. The lowest BCUT2D eigenvalue weighted by molar-refractivity contribution is 0.203. The Morgan fingerprint density at radius 1 is 1.03 bits per heavy atom. The van der Waals surface area contributed by atoms with Gasteiger partial charge in [0.15, 0.2) is 17.1 Å². The Labute approximate surface area is 188 Å². The van der Waals surface area contributed by atoms with Crippen molar-refractivity contribution >= 4 is 11.0 Å². The highest BCUT2D eigenvalue weighted by atomic mass is 16.5. The van der Waals surface area contributed by atoms with Crippen LogP contribution in [0.2, 0.25) is 0 Å². The number of aromatic nitrogens is 3. The molecule has 164 valence electrons. The summed E-state index contributed by atoms with van der Waals surface area (Å²) < 4.78 is 13.1. The van der Waals surface area contributed by atoms with Crippen molar-refractivity contribution in [3.8, 4) is 11.5 Å². The third kappa shape index (κ3) is 3.50. The predicted octanol–water partition coefficient (Wildman–Crippen LogP) is 4.44. The maximum absolute atomic E-state index is 5.64. The molecule has 0 radical (unpaired) electrons. The van der Waals surface area contributed by atoms with Crippen molar-refractivity contribution in [2.45, 2.75) is 25.9 Å². The van der Waals surface area contributed by atoms with Gasteiger partial charge in [-0.25, -0.2) is 4.98 Å². The van der Waals surface area contributed by atoms with Crippen LogP contribution >= 0.6 is 0 Å². The summed E-state index contributed by atoms with van der Waals surface area (Å²) in [4.78, 5) is 7.22. The zero-order chi connectivity index (χ0) is 22.2. The summed E-state index contributed by atoms with van der Waals surface area (Å²) in [6, 6.07) is 17.3. The number of nitrogens with zero attached hydrogens (tertiary/aromatic N) is 4.